The number of carbonyl (C=O) groups is 1. The monoisotopic (exact) mass is 451 g/mol. The predicted octanol–water partition coefficient (Wildman–Crippen LogP) is 4.25. The van der Waals surface area contributed by atoms with Gasteiger partial charge < -0.3 is 19.9 Å². The molecule has 2 fully saturated rings. The van der Waals surface area contributed by atoms with Crippen molar-refractivity contribution in [3.63, 3.8) is 0 Å². The minimum Gasteiger partial charge on any atom is -0.497 e. The van der Waals surface area contributed by atoms with E-state index in [1.807, 2.05) is 24.0 Å². The van der Waals surface area contributed by atoms with Crippen molar-refractivity contribution < 1.29 is 9.53 Å². The van der Waals surface area contributed by atoms with Crippen LogP contribution < -0.4 is 15.0 Å². The number of nitrogens with one attached hydrogen (secondary N) is 1. The molecule has 1 aromatic heterocycles. The highest BCUT2D eigenvalue weighted by Crippen LogP contribution is 2.26. The molecule has 2 aliphatic rings. The molecule has 178 valence electrons. The zero-order valence-corrected chi connectivity index (χ0v) is 20.3. The summed E-state index contributed by atoms with van der Waals surface area (Å²) in [6.07, 6.45) is 7.67. The smallest absolute Gasteiger partial charge is 0.317 e. The molecule has 2 heterocycles. The molecule has 1 aliphatic carbocycles. The first kappa shape index (κ1) is 23.3. The summed E-state index contributed by atoms with van der Waals surface area (Å²) in [6.45, 7) is 7.19. The van der Waals surface area contributed by atoms with E-state index in [1.54, 1.807) is 7.11 Å². The summed E-state index contributed by atoms with van der Waals surface area (Å²) in [5.41, 5.74) is 3.38. The Hall–Kier alpha value is -2.83. The van der Waals surface area contributed by atoms with Crippen LogP contribution in [-0.4, -0.2) is 60.2 Å². The first-order valence-electron chi connectivity index (χ1n) is 12.3. The molecule has 1 aliphatic heterocycles. The predicted molar refractivity (Wildman–Crippen MR) is 131 cm³/mol. The van der Waals surface area contributed by atoms with Gasteiger partial charge in [-0.15, -0.1) is 0 Å². The van der Waals surface area contributed by atoms with Gasteiger partial charge in [0.1, 0.15) is 17.4 Å². The van der Waals surface area contributed by atoms with E-state index in [-0.39, 0.29) is 6.03 Å². The van der Waals surface area contributed by atoms with Gasteiger partial charge in [0.15, 0.2) is 0 Å². The van der Waals surface area contributed by atoms with Gasteiger partial charge in [-0.3, -0.25) is 0 Å². The summed E-state index contributed by atoms with van der Waals surface area (Å²) in [5, 5.41) is 3.28. The lowest BCUT2D eigenvalue weighted by Gasteiger charge is -2.28. The van der Waals surface area contributed by atoms with Crippen LogP contribution in [0.3, 0.4) is 0 Å². The van der Waals surface area contributed by atoms with E-state index < -0.39 is 0 Å². The number of nitrogens with zero attached hydrogens (tertiary/aromatic N) is 4. The average molecular weight is 452 g/mol. The molecule has 7 heteroatoms. The molecule has 0 bridgehead atoms. The number of methoxy groups -OCH3 is 1. The quantitative estimate of drug-likeness (QED) is 0.736. The first-order valence-corrected chi connectivity index (χ1v) is 12.3. The molecular formula is C26H37N5O2. The summed E-state index contributed by atoms with van der Waals surface area (Å²) in [4.78, 5) is 26.7. The average Bonchev–Trinajstić information content (AvgIpc) is 3.08. The largest absolute Gasteiger partial charge is 0.497 e. The van der Waals surface area contributed by atoms with Crippen LogP contribution >= 0.6 is 0 Å². The third kappa shape index (κ3) is 5.95. The van der Waals surface area contributed by atoms with E-state index in [0.29, 0.717) is 12.6 Å². The third-order valence-electron chi connectivity index (χ3n) is 6.86. The normalized spacial score (nSPS) is 17.5. The second-order valence-electron chi connectivity index (χ2n) is 9.30. The zero-order chi connectivity index (χ0) is 23.2. The van der Waals surface area contributed by atoms with Crippen LogP contribution in [0.15, 0.2) is 24.3 Å². The summed E-state index contributed by atoms with van der Waals surface area (Å²) in [6, 6.07) is 8.62. The highest BCUT2D eigenvalue weighted by atomic mass is 16.5. The lowest BCUT2D eigenvalue weighted by atomic mass is 9.96. The number of hydrogen-bond donors (Lipinski definition) is 1. The summed E-state index contributed by atoms with van der Waals surface area (Å²) < 4.78 is 5.30. The molecule has 1 N–H and O–H groups in total. The molecule has 2 aromatic rings. The Bertz CT molecular complexity index is 940. The van der Waals surface area contributed by atoms with Gasteiger partial charge >= 0.3 is 6.03 Å². The molecule has 4 rings (SSSR count). The van der Waals surface area contributed by atoms with Crippen LogP contribution in [0.4, 0.5) is 10.6 Å². The van der Waals surface area contributed by atoms with Gasteiger partial charge in [-0.25, -0.2) is 14.8 Å². The van der Waals surface area contributed by atoms with Crippen molar-refractivity contribution in [2.24, 2.45) is 0 Å². The molecule has 33 heavy (non-hydrogen) atoms. The van der Waals surface area contributed by atoms with Gasteiger partial charge in [0.2, 0.25) is 0 Å². The van der Waals surface area contributed by atoms with E-state index >= 15 is 0 Å². The Balaban J connectivity index is 1.47. The molecule has 0 spiro atoms. The topological polar surface area (TPSA) is 70.6 Å². The van der Waals surface area contributed by atoms with Crippen molar-refractivity contribution in [3.8, 4) is 5.75 Å². The lowest BCUT2D eigenvalue weighted by Crippen LogP contribution is -2.46. The van der Waals surface area contributed by atoms with Crippen molar-refractivity contribution in [2.75, 3.05) is 38.2 Å². The van der Waals surface area contributed by atoms with Crippen LogP contribution in [0.1, 0.15) is 61.2 Å². The molecule has 0 radical (unpaired) electrons. The molecule has 0 unspecified atom stereocenters. The highest BCUT2D eigenvalue weighted by molar-refractivity contribution is 5.74. The first-order chi connectivity index (χ1) is 16.0. The number of anilines is 1. The third-order valence-corrected chi connectivity index (χ3v) is 6.86. The Morgan fingerprint density at radius 3 is 2.48 bits per heavy atom. The second kappa shape index (κ2) is 10.9. The van der Waals surface area contributed by atoms with Crippen LogP contribution in [0, 0.1) is 13.8 Å². The van der Waals surface area contributed by atoms with Crippen LogP contribution in [0.5, 0.6) is 5.75 Å². The number of benzene rings is 1. The number of rotatable bonds is 5. The van der Waals surface area contributed by atoms with Crippen LogP contribution in [0.25, 0.3) is 0 Å². The van der Waals surface area contributed by atoms with Crippen LogP contribution in [-0.2, 0) is 6.42 Å². The van der Waals surface area contributed by atoms with Crippen molar-refractivity contribution in [2.45, 2.75) is 64.8 Å². The van der Waals surface area contributed by atoms with Crippen molar-refractivity contribution in [1.82, 2.24) is 20.2 Å². The maximum Gasteiger partial charge on any atom is 0.317 e. The Kier molecular flexibility index (Phi) is 7.68. The minimum absolute atomic E-state index is 0.0947. The number of aromatic nitrogens is 2. The molecule has 1 saturated heterocycles. The maximum atomic E-state index is 12.9. The fourth-order valence-corrected chi connectivity index (χ4v) is 4.98. The van der Waals surface area contributed by atoms with Gasteiger partial charge in [0.05, 0.1) is 7.11 Å². The number of amides is 2. The maximum absolute atomic E-state index is 12.9. The van der Waals surface area contributed by atoms with E-state index in [2.05, 4.69) is 34.3 Å². The molecule has 1 aromatic carbocycles. The van der Waals surface area contributed by atoms with Gasteiger partial charge in [-0.2, -0.15) is 0 Å². The number of urea groups is 1. The van der Waals surface area contributed by atoms with Gasteiger partial charge in [-0.05, 0) is 50.8 Å². The zero-order valence-electron chi connectivity index (χ0n) is 20.3. The highest BCUT2D eigenvalue weighted by Gasteiger charge is 2.25. The molecule has 2 amide bonds. The number of carbonyl (C=O) groups excluding carboxylic acids is 1. The number of hydrogen-bond acceptors (Lipinski definition) is 5. The fourth-order valence-electron chi connectivity index (χ4n) is 4.98. The number of ether oxygens (including phenoxy) is 1. The van der Waals surface area contributed by atoms with E-state index in [1.165, 1.54) is 24.8 Å². The molecular weight excluding hydrogens is 414 g/mol. The van der Waals surface area contributed by atoms with Gasteiger partial charge in [-0.1, -0.05) is 31.4 Å². The van der Waals surface area contributed by atoms with Crippen LogP contribution in [0.2, 0.25) is 0 Å². The Morgan fingerprint density at radius 2 is 1.76 bits per heavy atom. The van der Waals surface area contributed by atoms with Gasteiger partial charge in [0, 0.05) is 49.9 Å². The van der Waals surface area contributed by atoms with E-state index in [9.17, 15) is 4.79 Å². The second-order valence-corrected chi connectivity index (χ2v) is 9.30. The van der Waals surface area contributed by atoms with Crippen molar-refractivity contribution >= 4 is 11.8 Å². The van der Waals surface area contributed by atoms with E-state index in [4.69, 9.17) is 9.72 Å². The standard InChI is InChI=1S/C26H37N5O2/c1-19-24(18-21-10-12-23(33-3)13-11-21)25(28-20(2)27-19)30-14-7-15-31(17-16-30)26(32)29-22-8-5-4-6-9-22/h10-13,22H,4-9,14-18H2,1-3H3,(H,29,32). The summed E-state index contributed by atoms with van der Waals surface area (Å²) >= 11 is 0. The lowest BCUT2D eigenvalue weighted by molar-refractivity contribution is 0.193. The molecule has 0 atom stereocenters. The number of aryl methyl sites for hydroxylation is 2. The minimum atomic E-state index is 0.0947. The Morgan fingerprint density at radius 1 is 1.00 bits per heavy atom. The van der Waals surface area contributed by atoms with E-state index in [0.717, 1.165) is 74.0 Å². The Labute approximate surface area is 197 Å². The van der Waals surface area contributed by atoms with Crippen molar-refractivity contribution in [1.29, 1.82) is 0 Å². The molecule has 1 saturated carbocycles. The molecule has 7 nitrogen and oxygen atoms in total. The SMILES string of the molecule is COc1ccc(Cc2c(C)nc(C)nc2N2CCCN(C(=O)NC3CCCCC3)CC2)cc1. The summed E-state index contributed by atoms with van der Waals surface area (Å²) in [5.74, 6) is 2.65. The van der Waals surface area contributed by atoms with Crippen molar-refractivity contribution in [3.05, 3.63) is 46.9 Å². The summed E-state index contributed by atoms with van der Waals surface area (Å²) in [7, 11) is 1.68. The fraction of sp³-hybridized carbons (Fsp3) is 0.577. The van der Waals surface area contributed by atoms with Gasteiger partial charge in [0.25, 0.3) is 0 Å².